The number of ether oxygens (including phenoxy) is 1. The maximum Gasteiger partial charge on any atom is 0.323 e. The van der Waals surface area contributed by atoms with Crippen molar-refractivity contribution in [2.45, 2.75) is 0 Å². The Morgan fingerprint density at radius 3 is 2.00 bits per heavy atom. The number of nitro groups is 1. The number of rotatable bonds is 5. The van der Waals surface area contributed by atoms with E-state index in [9.17, 15) is 14.9 Å². The number of anilines is 2. The number of carbonyl (C=O) groups excluding carboxylic acids is 1. The van der Waals surface area contributed by atoms with Gasteiger partial charge in [0.15, 0.2) is 0 Å². The molecule has 0 spiro atoms. The van der Waals surface area contributed by atoms with Crippen molar-refractivity contribution in [1.82, 2.24) is 0 Å². The highest BCUT2D eigenvalue weighted by Crippen LogP contribution is 2.32. The van der Waals surface area contributed by atoms with Gasteiger partial charge in [-0.2, -0.15) is 0 Å². The van der Waals surface area contributed by atoms with Gasteiger partial charge in [-0.25, -0.2) is 4.79 Å². The van der Waals surface area contributed by atoms with Crippen LogP contribution in [-0.4, -0.2) is 11.0 Å². The lowest BCUT2D eigenvalue weighted by molar-refractivity contribution is -0.384. The molecule has 2 N–H and O–H groups in total. The molecule has 0 saturated heterocycles. The van der Waals surface area contributed by atoms with Crippen LogP contribution in [0.25, 0.3) is 0 Å². The molecule has 0 radical (unpaired) electrons. The first-order chi connectivity index (χ1) is 13.4. The Balaban J connectivity index is 1.58. The van der Waals surface area contributed by atoms with Gasteiger partial charge in [-0.1, -0.05) is 23.2 Å². The number of nitro benzene ring substituents is 1. The third-order valence-electron chi connectivity index (χ3n) is 3.57. The van der Waals surface area contributed by atoms with E-state index in [0.717, 1.165) is 0 Å². The number of non-ortho nitro benzene ring substituents is 1. The number of nitrogens with one attached hydrogen (secondary N) is 2. The van der Waals surface area contributed by atoms with Crippen molar-refractivity contribution in [3.05, 3.63) is 86.9 Å². The highest BCUT2D eigenvalue weighted by molar-refractivity contribution is 6.35. The van der Waals surface area contributed by atoms with Crippen molar-refractivity contribution < 1.29 is 14.5 Å². The summed E-state index contributed by atoms with van der Waals surface area (Å²) >= 11 is 11.9. The van der Waals surface area contributed by atoms with Crippen LogP contribution in [0.5, 0.6) is 11.5 Å². The predicted molar refractivity (Wildman–Crippen MR) is 109 cm³/mol. The highest BCUT2D eigenvalue weighted by Gasteiger charge is 2.08. The second kappa shape index (κ2) is 8.60. The summed E-state index contributed by atoms with van der Waals surface area (Å²) < 4.78 is 5.68. The number of nitrogens with zero attached hydrogens (tertiary/aromatic N) is 1. The predicted octanol–water partition coefficient (Wildman–Crippen LogP) is 6.34. The van der Waals surface area contributed by atoms with E-state index in [1.54, 1.807) is 42.5 Å². The van der Waals surface area contributed by atoms with Crippen molar-refractivity contribution in [3.8, 4) is 11.5 Å². The molecule has 3 rings (SSSR count). The molecular formula is C19H13Cl2N3O4. The topological polar surface area (TPSA) is 93.5 Å². The van der Waals surface area contributed by atoms with Gasteiger partial charge in [0, 0.05) is 28.5 Å². The lowest BCUT2D eigenvalue weighted by Gasteiger charge is -2.10. The van der Waals surface area contributed by atoms with E-state index in [-0.39, 0.29) is 5.69 Å². The van der Waals surface area contributed by atoms with Crippen LogP contribution in [0.15, 0.2) is 66.7 Å². The largest absolute Gasteiger partial charge is 0.456 e. The van der Waals surface area contributed by atoms with Gasteiger partial charge in [-0.3, -0.25) is 10.1 Å². The Bertz CT molecular complexity index is 1010. The number of urea groups is 1. The average molecular weight is 418 g/mol. The first-order valence-electron chi connectivity index (χ1n) is 7.96. The van der Waals surface area contributed by atoms with Gasteiger partial charge in [0.05, 0.1) is 9.95 Å². The molecule has 0 fully saturated rings. The van der Waals surface area contributed by atoms with Gasteiger partial charge in [-0.15, -0.1) is 0 Å². The minimum absolute atomic E-state index is 0.0534. The van der Waals surface area contributed by atoms with Crippen molar-refractivity contribution in [1.29, 1.82) is 0 Å². The highest BCUT2D eigenvalue weighted by atomic mass is 35.5. The van der Waals surface area contributed by atoms with Crippen molar-refractivity contribution in [2.75, 3.05) is 10.6 Å². The first-order valence-corrected chi connectivity index (χ1v) is 8.72. The standard InChI is InChI=1S/C19H13Cl2N3O4/c20-12-1-10-18(17(21)11-12)28-16-8-4-14(5-9-16)23-19(25)22-13-2-6-15(7-3-13)24(26)27/h1-11H,(H2,22,23,25). The lowest BCUT2D eigenvalue weighted by atomic mass is 10.3. The van der Waals surface area contributed by atoms with Gasteiger partial charge in [0.25, 0.3) is 5.69 Å². The molecule has 28 heavy (non-hydrogen) atoms. The van der Waals surface area contributed by atoms with E-state index in [1.807, 2.05) is 0 Å². The number of benzene rings is 3. The fourth-order valence-electron chi connectivity index (χ4n) is 2.25. The van der Waals surface area contributed by atoms with Crippen LogP contribution in [0.1, 0.15) is 0 Å². The molecular weight excluding hydrogens is 405 g/mol. The minimum Gasteiger partial charge on any atom is -0.456 e. The van der Waals surface area contributed by atoms with Gasteiger partial charge in [0.1, 0.15) is 11.5 Å². The second-order valence-electron chi connectivity index (χ2n) is 5.58. The molecule has 0 saturated carbocycles. The fraction of sp³-hybridized carbons (Fsp3) is 0. The van der Waals surface area contributed by atoms with Crippen LogP contribution >= 0.6 is 23.2 Å². The summed E-state index contributed by atoms with van der Waals surface area (Å²) in [5, 5.41) is 16.8. The summed E-state index contributed by atoms with van der Waals surface area (Å²) in [5.74, 6) is 0.994. The van der Waals surface area contributed by atoms with E-state index in [2.05, 4.69) is 10.6 Å². The molecule has 2 amide bonds. The monoisotopic (exact) mass is 417 g/mol. The van der Waals surface area contributed by atoms with Crippen LogP contribution < -0.4 is 15.4 Å². The van der Waals surface area contributed by atoms with Gasteiger partial charge in [0.2, 0.25) is 0 Å². The normalized spacial score (nSPS) is 10.2. The Morgan fingerprint density at radius 1 is 0.893 bits per heavy atom. The number of amides is 2. The van der Waals surface area contributed by atoms with Gasteiger partial charge in [-0.05, 0) is 54.6 Å². The molecule has 0 heterocycles. The Morgan fingerprint density at radius 2 is 1.46 bits per heavy atom. The Kier molecular flexibility index (Phi) is 5.98. The fourth-order valence-corrected chi connectivity index (χ4v) is 2.70. The van der Waals surface area contributed by atoms with E-state index >= 15 is 0 Å². The van der Waals surface area contributed by atoms with Crippen LogP contribution in [0.2, 0.25) is 10.0 Å². The van der Waals surface area contributed by atoms with Crippen LogP contribution in [0.4, 0.5) is 21.9 Å². The van der Waals surface area contributed by atoms with Crippen LogP contribution in [-0.2, 0) is 0 Å². The zero-order valence-corrected chi connectivity index (χ0v) is 15.7. The lowest BCUT2D eigenvalue weighted by Crippen LogP contribution is -2.19. The minimum atomic E-state index is -0.509. The molecule has 142 valence electrons. The number of hydrogen-bond acceptors (Lipinski definition) is 4. The molecule has 0 bridgehead atoms. The van der Waals surface area contributed by atoms with Gasteiger partial charge >= 0.3 is 6.03 Å². The summed E-state index contributed by atoms with van der Waals surface area (Å²) in [7, 11) is 0. The molecule has 0 aliphatic heterocycles. The first kappa shape index (κ1) is 19.5. The molecule has 0 aliphatic rings. The van der Waals surface area contributed by atoms with Crippen molar-refractivity contribution >= 4 is 46.3 Å². The zero-order valence-electron chi connectivity index (χ0n) is 14.2. The number of carbonyl (C=O) groups is 1. The summed E-state index contributed by atoms with van der Waals surface area (Å²) in [6, 6.07) is 16.6. The maximum absolute atomic E-state index is 12.0. The second-order valence-corrected chi connectivity index (χ2v) is 6.43. The van der Waals surface area contributed by atoms with Gasteiger partial charge < -0.3 is 15.4 Å². The molecule has 7 nitrogen and oxygen atoms in total. The van der Waals surface area contributed by atoms with E-state index in [0.29, 0.717) is 32.9 Å². The van der Waals surface area contributed by atoms with Crippen LogP contribution in [0.3, 0.4) is 0 Å². The molecule has 9 heteroatoms. The molecule has 0 atom stereocenters. The Labute approximate surface area is 170 Å². The van der Waals surface area contributed by atoms with E-state index in [4.69, 9.17) is 27.9 Å². The summed E-state index contributed by atoms with van der Waals surface area (Å²) in [6.07, 6.45) is 0. The number of hydrogen-bond donors (Lipinski definition) is 2. The zero-order chi connectivity index (χ0) is 20.1. The third-order valence-corrected chi connectivity index (χ3v) is 4.10. The van der Waals surface area contributed by atoms with Crippen molar-refractivity contribution in [2.24, 2.45) is 0 Å². The van der Waals surface area contributed by atoms with Crippen LogP contribution in [0, 0.1) is 10.1 Å². The van der Waals surface area contributed by atoms with E-state index in [1.165, 1.54) is 24.3 Å². The molecule has 0 aromatic heterocycles. The smallest absolute Gasteiger partial charge is 0.323 e. The average Bonchev–Trinajstić information content (AvgIpc) is 2.66. The molecule has 0 aliphatic carbocycles. The summed E-state index contributed by atoms with van der Waals surface area (Å²) in [6.45, 7) is 0. The third kappa shape index (κ3) is 5.12. The van der Waals surface area contributed by atoms with Crippen molar-refractivity contribution in [3.63, 3.8) is 0 Å². The molecule has 0 unspecified atom stereocenters. The SMILES string of the molecule is O=C(Nc1ccc(Oc2ccc(Cl)cc2Cl)cc1)Nc1ccc([N+](=O)[O-])cc1. The molecule has 3 aromatic carbocycles. The summed E-state index contributed by atoms with van der Waals surface area (Å²) in [4.78, 5) is 22.2. The maximum atomic E-state index is 12.0. The van der Waals surface area contributed by atoms with E-state index < -0.39 is 11.0 Å². The number of halogens is 2. The Hall–Kier alpha value is -3.29. The summed E-state index contributed by atoms with van der Waals surface area (Å²) in [5.41, 5.74) is 0.914. The quantitative estimate of drug-likeness (QED) is 0.374. The molecule has 3 aromatic rings.